The van der Waals surface area contributed by atoms with Crippen LogP contribution in [0.2, 0.25) is 0 Å². The minimum Gasteiger partial charge on any atom is -0.492 e. The number of carbonyl (C=O) groups is 1. The van der Waals surface area contributed by atoms with Gasteiger partial charge < -0.3 is 14.9 Å². The lowest BCUT2D eigenvalue weighted by Crippen LogP contribution is -2.41. The molecular formula is C22H31N3O4. The molecule has 1 amide bonds. The summed E-state index contributed by atoms with van der Waals surface area (Å²) in [6, 6.07) is 3.70. The fraction of sp³-hybridized carbons (Fsp3) is 0.545. The van der Waals surface area contributed by atoms with Gasteiger partial charge >= 0.3 is 6.09 Å². The van der Waals surface area contributed by atoms with Crippen LogP contribution in [0, 0.1) is 5.92 Å². The highest BCUT2D eigenvalue weighted by Gasteiger charge is 2.31. The highest BCUT2D eigenvalue weighted by Crippen LogP contribution is 2.43. The Morgan fingerprint density at radius 3 is 2.72 bits per heavy atom. The van der Waals surface area contributed by atoms with Crippen LogP contribution in [0.25, 0.3) is 11.1 Å². The molecule has 2 heterocycles. The Bertz CT molecular complexity index is 883. The number of rotatable bonds is 6. The minimum atomic E-state index is -0.945. The average molecular weight is 402 g/mol. The van der Waals surface area contributed by atoms with Crippen molar-refractivity contribution in [1.29, 1.82) is 0 Å². The number of benzene rings is 1. The van der Waals surface area contributed by atoms with Crippen molar-refractivity contribution < 1.29 is 19.7 Å². The van der Waals surface area contributed by atoms with Gasteiger partial charge in [-0.2, -0.15) is 5.10 Å². The van der Waals surface area contributed by atoms with Gasteiger partial charge in [-0.15, -0.1) is 0 Å². The summed E-state index contributed by atoms with van der Waals surface area (Å²) in [6.07, 6.45) is 4.22. The molecule has 158 valence electrons. The molecule has 0 unspecified atom stereocenters. The van der Waals surface area contributed by atoms with Crippen molar-refractivity contribution in [3.05, 3.63) is 30.1 Å². The van der Waals surface area contributed by atoms with Crippen molar-refractivity contribution >= 4 is 11.8 Å². The van der Waals surface area contributed by atoms with E-state index in [1.54, 1.807) is 24.7 Å². The van der Waals surface area contributed by atoms with E-state index in [0.717, 1.165) is 35.3 Å². The molecule has 7 nitrogen and oxygen atoms in total. The first-order valence-corrected chi connectivity index (χ1v) is 10.1. The lowest BCUT2D eigenvalue weighted by atomic mass is 9.92. The van der Waals surface area contributed by atoms with E-state index in [4.69, 9.17) is 4.74 Å². The Morgan fingerprint density at radius 1 is 1.38 bits per heavy atom. The van der Waals surface area contributed by atoms with Crippen molar-refractivity contribution in [1.82, 2.24) is 9.78 Å². The number of carboxylic acid groups (broad SMARTS) is 1. The van der Waals surface area contributed by atoms with Crippen LogP contribution in [0.5, 0.6) is 5.75 Å². The summed E-state index contributed by atoms with van der Waals surface area (Å²) in [4.78, 5) is 13.3. The predicted octanol–water partition coefficient (Wildman–Crippen LogP) is 4.17. The van der Waals surface area contributed by atoms with E-state index >= 15 is 0 Å². The van der Waals surface area contributed by atoms with E-state index in [1.165, 1.54) is 4.90 Å². The van der Waals surface area contributed by atoms with Crippen LogP contribution in [0.4, 0.5) is 10.5 Å². The zero-order valence-electron chi connectivity index (χ0n) is 17.8. The maximum Gasteiger partial charge on any atom is 0.412 e. The molecule has 3 rings (SSSR count). The van der Waals surface area contributed by atoms with Crippen molar-refractivity contribution in [3.8, 4) is 16.9 Å². The van der Waals surface area contributed by atoms with Gasteiger partial charge in [-0.25, -0.2) is 4.79 Å². The second kappa shape index (κ2) is 8.06. The van der Waals surface area contributed by atoms with Crippen LogP contribution in [0.1, 0.15) is 46.6 Å². The largest absolute Gasteiger partial charge is 0.492 e. The number of aliphatic hydroxyl groups is 1. The summed E-state index contributed by atoms with van der Waals surface area (Å²) in [6.45, 7) is 10.5. The minimum absolute atomic E-state index is 0.0710. The Hall–Kier alpha value is -2.54. The highest BCUT2D eigenvalue weighted by molar-refractivity contribution is 5.91. The van der Waals surface area contributed by atoms with Gasteiger partial charge in [0.1, 0.15) is 5.75 Å². The molecule has 0 spiro atoms. The van der Waals surface area contributed by atoms with Crippen molar-refractivity contribution in [3.63, 3.8) is 0 Å². The average Bonchev–Trinajstić information content (AvgIpc) is 3.04. The summed E-state index contributed by atoms with van der Waals surface area (Å²) in [5, 5.41) is 24.2. The fourth-order valence-electron chi connectivity index (χ4n) is 3.72. The summed E-state index contributed by atoms with van der Waals surface area (Å²) >= 11 is 0. The lowest BCUT2D eigenvalue weighted by Gasteiger charge is -2.34. The van der Waals surface area contributed by atoms with Crippen LogP contribution in [-0.4, -0.2) is 44.3 Å². The number of amides is 1. The van der Waals surface area contributed by atoms with E-state index in [2.05, 4.69) is 18.9 Å². The number of ether oxygens (including phenoxy) is 1. The van der Waals surface area contributed by atoms with Gasteiger partial charge in [0.15, 0.2) is 0 Å². The van der Waals surface area contributed by atoms with E-state index in [-0.39, 0.29) is 6.04 Å². The maximum atomic E-state index is 11.8. The van der Waals surface area contributed by atoms with E-state index in [9.17, 15) is 15.0 Å². The zero-order chi connectivity index (χ0) is 21.3. The highest BCUT2D eigenvalue weighted by atomic mass is 16.5. The lowest BCUT2D eigenvalue weighted by molar-refractivity contribution is 0.0577. The molecule has 1 aromatic heterocycles. The number of nitrogens with zero attached hydrogens (tertiary/aromatic N) is 3. The zero-order valence-corrected chi connectivity index (χ0v) is 17.8. The van der Waals surface area contributed by atoms with Gasteiger partial charge in [-0.05, 0) is 51.7 Å². The van der Waals surface area contributed by atoms with Crippen LogP contribution in [-0.2, 0) is 13.0 Å². The van der Waals surface area contributed by atoms with Crippen molar-refractivity contribution in [2.24, 2.45) is 5.92 Å². The van der Waals surface area contributed by atoms with E-state index < -0.39 is 11.7 Å². The Balaban J connectivity index is 2.07. The molecule has 1 aliphatic heterocycles. The molecule has 29 heavy (non-hydrogen) atoms. The van der Waals surface area contributed by atoms with E-state index in [0.29, 0.717) is 24.8 Å². The van der Waals surface area contributed by atoms with Gasteiger partial charge in [0.2, 0.25) is 0 Å². The standard InChI is InChI=1S/C22H31N3O4/c1-14(2)12-29-20-17(16-10-23-24(11-16)13-22(4,5)28)8-9-19-18(20)7-6-15(3)25(19)21(26)27/h8-11,14-15,28H,6-7,12-13H2,1-5H3,(H,26,27)/t15-/m0/s1. The van der Waals surface area contributed by atoms with E-state index in [1.807, 2.05) is 25.3 Å². The van der Waals surface area contributed by atoms with Crippen LogP contribution in [0.3, 0.4) is 0 Å². The molecule has 1 aliphatic rings. The molecular weight excluding hydrogens is 370 g/mol. The molecule has 0 saturated carbocycles. The third-order valence-corrected chi connectivity index (χ3v) is 5.01. The number of fused-ring (bicyclic) bond motifs is 1. The Kier molecular flexibility index (Phi) is 5.89. The summed E-state index contributed by atoms with van der Waals surface area (Å²) in [5.41, 5.74) is 2.54. The smallest absolute Gasteiger partial charge is 0.412 e. The topological polar surface area (TPSA) is 87.8 Å². The molecule has 1 atom stereocenters. The Morgan fingerprint density at radius 2 is 2.10 bits per heavy atom. The van der Waals surface area contributed by atoms with Gasteiger partial charge in [0, 0.05) is 28.9 Å². The van der Waals surface area contributed by atoms with Gasteiger partial charge in [0.25, 0.3) is 0 Å². The molecule has 0 bridgehead atoms. The van der Waals surface area contributed by atoms with Crippen LogP contribution >= 0.6 is 0 Å². The molecule has 0 saturated heterocycles. The third-order valence-electron chi connectivity index (χ3n) is 5.01. The molecule has 2 aromatic rings. The van der Waals surface area contributed by atoms with Crippen LogP contribution < -0.4 is 9.64 Å². The van der Waals surface area contributed by atoms with Crippen molar-refractivity contribution in [2.75, 3.05) is 11.5 Å². The Labute approximate surface area is 171 Å². The maximum absolute atomic E-state index is 11.8. The summed E-state index contributed by atoms with van der Waals surface area (Å²) < 4.78 is 7.93. The fourth-order valence-corrected chi connectivity index (χ4v) is 3.72. The number of aromatic nitrogens is 2. The predicted molar refractivity (Wildman–Crippen MR) is 113 cm³/mol. The second-order valence-corrected chi connectivity index (χ2v) is 8.92. The molecule has 7 heteroatoms. The first kappa shape index (κ1) is 21.2. The number of hydrogen-bond donors (Lipinski definition) is 2. The number of hydrogen-bond acceptors (Lipinski definition) is 4. The third kappa shape index (κ3) is 4.72. The molecule has 2 N–H and O–H groups in total. The monoisotopic (exact) mass is 401 g/mol. The quantitative estimate of drug-likeness (QED) is 0.758. The summed E-state index contributed by atoms with van der Waals surface area (Å²) in [7, 11) is 0. The van der Waals surface area contributed by atoms with Gasteiger partial charge in [0.05, 0.1) is 30.6 Å². The number of anilines is 1. The molecule has 0 aliphatic carbocycles. The van der Waals surface area contributed by atoms with Gasteiger partial charge in [-0.3, -0.25) is 9.58 Å². The van der Waals surface area contributed by atoms with Gasteiger partial charge in [-0.1, -0.05) is 13.8 Å². The second-order valence-electron chi connectivity index (χ2n) is 8.92. The first-order chi connectivity index (χ1) is 13.6. The molecule has 0 radical (unpaired) electrons. The summed E-state index contributed by atoms with van der Waals surface area (Å²) in [5.74, 6) is 1.08. The SMILES string of the molecule is CC(C)COc1c(-c2cnn(CC(C)(C)O)c2)ccc2c1CC[C@H](C)N2C(=O)O. The first-order valence-electron chi connectivity index (χ1n) is 10.1. The molecule has 1 aromatic carbocycles. The van der Waals surface area contributed by atoms with Crippen LogP contribution in [0.15, 0.2) is 24.5 Å². The molecule has 0 fully saturated rings. The normalized spacial score (nSPS) is 16.8. The van der Waals surface area contributed by atoms with Crippen molar-refractivity contribution in [2.45, 2.75) is 65.6 Å².